The molecule has 0 aromatic carbocycles. The first-order chi connectivity index (χ1) is 5.96. The van der Waals surface area contributed by atoms with E-state index in [2.05, 4.69) is 5.32 Å². The van der Waals surface area contributed by atoms with Crippen LogP contribution < -0.4 is 5.32 Å². The maximum absolute atomic E-state index is 11.2. The summed E-state index contributed by atoms with van der Waals surface area (Å²) >= 11 is 5.01. The van der Waals surface area contributed by atoms with Gasteiger partial charge in [0.25, 0.3) is 0 Å². The van der Waals surface area contributed by atoms with Gasteiger partial charge in [-0.3, -0.25) is 0 Å². The predicted molar refractivity (Wildman–Crippen MR) is 56.5 cm³/mol. The monoisotopic (exact) mass is 222 g/mol. The Bertz CT molecular complexity index is 300. The van der Waals surface area contributed by atoms with Gasteiger partial charge in [-0.1, -0.05) is 0 Å². The van der Waals surface area contributed by atoms with Crippen LogP contribution >= 0.6 is 12.2 Å². The molecule has 0 bridgehead atoms. The van der Waals surface area contributed by atoms with Crippen LogP contribution in [0.2, 0.25) is 0 Å². The summed E-state index contributed by atoms with van der Waals surface area (Å²) in [4.78, 5) is 1.82. The molecular formula is C7H14N2O2S2. The summed E-state index contributed by atoms with van der Waals surface area (Å²) in [7, 11) is 0.751. The Balaban J connectivity index is 2.61. The smallest absolute Gasteiger partial charge is 0.168 e. The second-order valence-electron chi connectivity index (χ2n) is 3.22. The highest BCUT2D eigenvalue weighted by Gasteiger charge is 2.31. The molecule has 0 radical (unpaired) electrons. The van der Waals surface area contributed by atoms with Crippen molar-refractivity contribution in [3.63, 3.8) is 0 Å². The molecule has 76 valence electrons. The SMILES string of the molecule is CNC(=S)N(C)C1CCS(=O)(=O)C1. The Morgan fingerprint density at radius 3 is 2.62 bits per heavy atom. The van der Waals surface area contributed by atoms with E-state index in [0.29, 0.717) is 11.5 Å². The fourth-order valence-corrected chi connectivity index (χ4v) is 3.35. The van der Waals surface area contributed by atoms with Gasteiger partial charge in [0.1, 0.15) is 0 Å². The molecule has 6 heteroatoms. The predicted octanol–water partition coefficient (Wildman–Crippen LogP) is -0.390. The molecule has 13 heavy (non-hydrogen) atoms. The zero-order chi connectivity index (χ0) is 10.1. The molecule has 4 nitrogen and oxygen atoms in total. The fourth-order valence-electron chi connectivity index (χ4n) is 1.42. The van der Waals surface area contributed by atoms with E-state index < -0.39 is 9.84 Å². The van der Waals surface area contributed by atoms with Crippen LogP contribution in [-0.4, -0.2) is 50.1 Å². The van der Waals surface area contributed by atoms with Crippen molar-refractivity contribution in [2.75, 3.05) is 25.6 Å². The van der Waals surface area contributed by atoms with Gasteiger partial charge in [0.2, 0.25) is 0 Å². The number of thiocarbonyl (C=S) groups is 1. The summed E-state index contributed by atoms with van der Waals surface area (Å²) in [5.74, 6) is 0.514. The standard InChI is InChI=1S/C7H14N2O2S2/c1-8-7(12)9(2)6-3-4-13(10,11)5-6/h6H,3-5H2,1-2H3,(H,8,12). The molecule has 1 fully saturated rings. The normalized spacial score (nSPS) is 25.5. The molecule has 0 aliphatic carbocycles. The average molecular weight is 222 g/mol. The molecule has 1 aliphatic rings. The van der Waals surface area contributed by atoms with E-state index in [0.717, 1.165) is 0 Å². The molecule has 0 aromatic heterocycles. The molecule has 0 saturated carbocycles. The van der Waals surface area contributed by atoms with Gasteiger partial charge in [0, 0.05) is 20.1 Å². The zero-order valence-corrected chi connectivity index (χ0v) is 9.41. The van der Waals surface area contributed by atoms with E-state index in [1.807, 2.05) is 11.9 Å². The van der Waals surface area contributed by atoms with Crippen molar-refractivity contribution in [3.05, 3.63) is 0 Å². The molecule has 1 N–H and O–H groups in total. The maximum Gasteiger partial charge on any atom is 0.168 e. The lowest BCUT2D eigenvalue weighted by molar-refractivity contribution is 0.393. The first kappa shape index (κ1) is 10.7. The maximum atomic E-state index is 11.2. The Morgan fingerprint density at radius 1 is 1.62 bits per heavy atom. The number of nitrogens with one attached hydrogen (secondary N) is 1. The lowest BCUT2D eigenvalue weighted by Gasteiger charge is -2.25. The topological polar surface area (TPSA) is 49.4 Å². The zero-order valence-electron chi connectivity index (χ0n) is 7.78. The van der Waals surface area contributed by atoms with Crippen molar-refractivity contribution in [2.45, 2.75) is 12.5 Å². The minimum Gasteiger partial charge on any atom is -0.366 e. The van der Waals surface area contributed by atoms with Gasteiger partial charge in [-0.15, -0.1) is 0 Å². The molecule has 0 aromatic rings. The number of sulfone groups is 1. The first-order valence-electron chi connectivity index (χ1n) is 4.11. The second kappa shape index (κ2) is 3.79. The summed E-state index contributed by atoms with van der Waals surface area (Å²) in [5, 5.41) is 3.43. The van der Waals surface area contributed by atoms with E-state index in [9.17, 15) is 8.42 Å². The van der Waals surface area contributed by atoms with Crippen molar-refractivity contribution < 1.29 is 8.42 Å². The molecule has 1 saturated heterocycles. The summed E-state index contributed by atoms with van der Waals surface area (Å²) in [6, 6.07) is 0.0462. The van der Waals surface area contributed by atoms with Gasteiger partial charge in [-0.2, -0.15) is 0 Å². The molecule has 1 atom stereocenters. The highest BCUT2D eigenvalue weighted by Crippen LogP contribution is 2.16. The quantitative estimate of drug-likeness (QED) is 0.612. The molecule has 0 amide bonds. The van der Waals surface area contributed by atoms with Gasteiger partial charge in [-0.25, -0.2) is 8.42 Å². The molecule has 1 heterocycles. The van der Waals surface area contributed by atoms with Gasteiger partial charge in [0.15, 0.2) is 14.9 Å². The van der Waals surface area contributed by atoms with Gasteiger partial charge in [-0.05, 0) is 18.6 Å². The Morgan fingerprint density at radius 2 is 2.23 bits per heavy atom. The fraction of sp³-hybridized carbons (Fsp3) is 0.857. The van der Waals surface area contributed by atoms with Crippen LogP contribution in [0.1, 0.15) is 6.42 Å². The third-order valence-electron chi connectivity index (χ3n) is 2.29. The van der Waals surface area contributed by atoms with E-state index in [-0.39, 0.29) is 17.5 Å². The van der Waals surface area contributed by atoms with Crippen molar-refractivity contribution in [2.24, 2.45) is 0 Å². The Hall–Kier alpha value is -0.360. The van der Waals surface area contributed by atoms with Gasteiger partial charge < -0.3 is 10.2 Å². The minimum atomic E-state index is -2.81. The van der Waals surface area contributed by atoms with E-state index in [4.69, 9.17) is 12.2 Å². The third kappa shape index (κ3) is 2.54. The molecule has 0 spiro atoms. The lowest BCUT2D eigenvalue weighted by atomic mass is 10.2. The summed E-state index contributed by atoms with van der Waals surface area (Å²) in [6.45, 7) is 0. The number of rotatable bonds is 1. The van der Waals surface area contributed by atoms with Crippen LogP contribution in [0.4, 0.5) is 0 Å². The van der Waals surface area contributed by atoms with Crippen LogP contribution in [0.5, 0.6) is 0 Å². The minimum absolute atomic E-state index is 0.0462. The first-order valence-corrected chi connectivity index (χ1v) is 6.34. The number of nitrogens with zero attached hydrogens (tertiary/aromatic N) is 1. The Kier molecular flexibility index (Phi) is 3.13. The second-order valence-corrected chi connectivity index (χ2v) is 5.84. The molecule has 1 unspecified atom stereocenters. The van der Waals surface area contributed by atoms with E-state index in [1.54, 1.807) is 7.05 Å². The van der Waals surface area contributed by atoms with Crippen LogP contribution in [0.25, 0.3) is 0 Å². The number of hydrogen-bond acceptors (Lipinski definition) is 3. The van der Waals surface area contributed by atoms with Crippen LogP contribution in [-0.2, 0) is 9.84 Å². The van der Waals surface area contributed by atoms with Gasteiger partial charge >= 0.3 is 0 Å². The Labute approximate surface area is 84.2 Å². The molecular weight excluding hydrogens is 208 g/mol. The van der Waals surface area contributed by atoms with Crippen LogP contribution in [0.3, 0.4) is 0 Å². The largest absolute Gasteiger partial charge is 0.366 e. The van der Waals surface area contributed by atoms with Gasteiger partial charge in [0.05, 0.1) is 11.5 Å². The summed E-state index contributed by atoms with van der Waals surface area (Å²) < 4.78 is 22.3. The summed E-state index contributed by atoms with van der Waals surface area (Å²) in [6.07, 6.45) is 0.681. The van der Waals surface area contributed by atoms with Crippen molar-refractivity contribution >= 4 is 27.2 Å². The summed E-state index contributed by atoms with van der Waals surface area (Å²) in [5.41, 5.74) is 0. The van der Waals surface area contributed by atoms with Crippen molar-refractivity contribution in [1.29, 1.82) is 0 Å². The van der Waals surface area contributed by atoms with Crippen LogP contribution in [0.15, 0.2) is 0 Å². The third-order valence-corrected chi connectivity index (χ3v) is 4.53. The highest BCUT2D eigenvalue weighted by atomic mass is 32.2. The van der Waals surface area contributed by atoms with Crippen molar-refractivity contribution in [3.8, 4) is 0 Å². The number of hydrogen-bond donors (Lipinski definition) is 1. The van der Waals surface area contributed by atoms with Crippen LogP contribution in [0, 0.1) is 0 Å². The van der Waals surface area contributed by atoms with E-state index >= 15 is 0 Å². The molecule has 1 rings (SSSR count). The average Bonchev–Trinajstić information content (AvgIpc) is 2.43. The molecule has 1 aliphatic heterocycles. The highest BCUT2D eigenvalue weighted by molar-refractivity contribution is 7.91. The lowest BCUT2D eigenvalue weighted by Crippen LogP contribution is -2.42. The van der Waals surface area contributed by atoms with Crippen molar-refractivity contribution in [1.82, 2.24) is 10.2 Å². The van der Waals surface area contributed by atoms with E-state index in [1.165, 1.54) is 0 Å².